The van der Waals surface area contributed by atoms with E-state index in [1.54, 1.807) is 32.0 Å². The van der Waals surface area contributed by atoms with E-state index in [9.17, 15) is 20.1 Å². The minimum absolute atomic E-state index is 0.140. The Hall–Kier alpha value is -3.38. The number of benzene rings is 2. The second kappa shape index (κ2) is 13.8. The van der Waals surface area contributed by atoms with Crippen molar-refractivity contribution in [1.29, 1.82) is 0 Å². The molecule has 4 aromatic rings. The first-order valence-electron chi connectivity index (χ1n) is 11.0. The molecule has 37 heavy (non-hydrogen) atoms. The number of pyridine rings is 2. The van der Waals surface area contributed by atoms with Crippen LogP contribution in [0.4, 0.5) is 0 Å². The zero-order valence-electron chi connectivity index (χ0n) is 20.7. The van der Waals surface area contributed by atoms with Crippen LogP contribution in [0, 0.1) is 13.8 Å². The topological polar surface area (TPSA) is 134 Å². The number of hydrogen-bond donors (Lipinski definition) is 4. The molecular weight excluding hydrogens is 561 g/mol. The molecule has 0 bridgehead atoms. The molecule has 0 aliphatic heterocycles. The van der Waals surface area contributed by atoms with Crippen LogP contribution in [0.5, 0.6) is 23.0 Å². The third-order valence-electron chi connectivity index (χ3n) is 4.98. The number of aromatic nitrogens is 2. The number of aromatic hydroxyl groups is 2. The molecular formula is C25H26BBrN3O6S. The van der Waals surface area contributed by atoms with Crippen molar-refractivity contribution in [1.82, 2.24) is 9.97 Å². The summed E-state index contributed by atoms with van der Waals surface area (Å²) in [5.74, 6) is 0.0275. The summed E-state index contributed by atoms with van der Waals surface area (Å²) in [7, 11) is 4.34. The van der Waals surface area contributed by atoms with Gasteiger partial charge in [0.15, 0.2) is 11.5 Å². The average Bonchev–Trinajstić information content (AvgIpc) is 2.85. The van der Waals surface area contributed by atoms with Gasteiger partial charge in [-0.25, -0.2) is 14.8 Å². The normalized spacial score (nSPS) is 10.1. The number of hydrogen-bond acceptors (Lipinski definition) is 9. The third-order valence-corrected chi connectivity index (χ3v) is 5.79. The fourth-order valence-electron chi connectivity index (χ4n) is 3.39. The molecule has 0 unspecified atom stereocenters. The van der Waals surface area contributed by atoms with E-state index in [1.165, 1.54) is 0 Å². The predicted octanol–water partition coefficient (Wildman–Crippen LogP) is 5.94. The number of ether oxygens (including phenoxy) is 2. The van der Waals surface area contributed by atoms with Crippen molar-refractivity contribution in [2.45, 2.75) is 27.7 Å². The summed E-state index contributed by atoms with van der Waals surface area (Å²) in [6.07, 6.45) is 0. The number of rotatable bonds is 5. The van der Waals surface area contributed by atoms with E-state index in [0.717, 1.165) is 16.7 Å². The van der Waals surface area contributed by atoms with Gasteiger partial charge in [-0.15, -0.1) is 0 Å². The van der Waals surface area contributed by atoms with Crippen LogP contribution in [-0.4, -0.2) is 52.1 Å². The Bertz CT molecular complexity index is 1440. The Morgan fingerprint density at radius 2 is 1.38 bits per heavy atom. The number of thiol groups is 1. The number of carboxylic acids is 1. The molecule has 193 valence electrons. The Balaban J connectivity index is 0.000000237. The van der Waals surface area contributed by atoms with Crippen LogP contribution in [-0.2, 0) is 0 Å². The van der Waals surface area contributed by atoms with E-state index in [4.69, 9.17) is 9.47 Å². The molecule has 0 atom stereocenters. The first-order chi connectivity index (χ1) is 17.6. The van der Waals surface area contributed by atoms with Gasteiger partial charge in [-0.1, -0.05) is 0 Å². The number of carbonyl (C=O) groups is 1. The standard InChI is InChI=1S/C13H13NO4.C12H12BrNO2.BHNS/c1-3-18-8-4-5-10-9(6-8)11(13(16)17)12(15)7(2)14-10;1-3-16-8-4-5-10-9(6-8)11(13)12(15)7(2)14-10;1-2-3/h4-6,15H,3H2,1-2H3,(H,16,17);4-6,15H,3H2,1-2H3;3H. The molecule has 0 fully saturated rings. The van der Waals surface area contributed by atoms with Crippen molar-refractivity contribution in [2.75, 3.05) is 13.2 Å². The summed E-state index contributed by atoms with van der Waals surface area (Å²) in [4.78, 5) is 19.7. The Labute approximate surface area is 229 Å². The van der Waals surface area contributed by atoms with Crippen molar-refractivity contribution >= 4 is 64.2 Å². The van der Waals surface area contributed by atoms with Gasteiger partial charge in [0.2, 0.25) is 0 Å². The summed E-state index contributed by atoms with van der Waals surface area (Å²) >= 11 is 6.56. The van der Waals surface area contributed by atoms with E-state index in [0.29, 0.717) is 45.7 Å². The number of fused-ring (bicyclic) bond motifs is 2. The summed E-state index contributed by atoms with van der Waals surface area (Å²) in [5.41, 5.74) is 2.13. The minimum atomic E-state index is -1.18. The van der Waals surface area contributed by atoms with Gasteiger partial charge in [0.25, 0.3) is 0 Å². The average molecular weight is 587 g/mol. The van der Waals surface area contributed by atoms with Crippen LogP contribution in [0.15, 0.2) is 45.2 Å². The second-order valence-corrected chi connectivity index (χ2v) is 8.45. The molecule has 0 spiro atoms. The van der Waals surface area contributed by atoms with E-state index in [2.05, 4.69) is 50.7 Å². The molecule has 0 saturated heterocycles. The zero-order chi connectivity index (χ0) is 27.7. The molecule has 3 N–H and O–H groups in total. The van der Waals surface area contributed by atoms with Gasteiger partial charge >= 0.3 is 30.7 Å². The molecule has 1 radical (unpaired) electrons. The molecule has 2 aromatic carbocycles. The number of carboxylic acid groups (broad SMARTS) is 1. The van der Waals surface area contributed by atoms with Crippen LogP contribution >= 0.6 is 28.7 Å². The number of halogens is 1. The molecule has 12 heteroatoms. The monoisotopic (exact) mass is 586 g/mol. The fraction of sp³-hybridized carbons (Fsp3) is 0.240. The van der Waals surface area contributed by atoms with Crippen molar-refractivity contribution in [2.24, 2.45) is 4.30 Å². The molecule has 2 heterocycles. The summed E-state index contributed by atoms with van der Waals surface area (Å²) in [5, 5.41) is 30.0. The van der Waals surface area contributed by atoms with Gasteiger partial charge < -0.3 is 24.8 Å². The molecule has 2 aromatic heterocycles. The molecule has 0 amide bonds. The SMILES string of the molecule is CCOc1ccc2nc(C)c(O)c(Br)c2c1.CCOc1ccc2nc(C)c(O)c(C(=O)O)c2c1.[B]=NS. The van der Waals surface area contributed by atoms with Crippen LogP contribution in [0.2, 0.25) is 0 Å². The van der Waals surface area contributed by atoms with Gasteiger partial charge in [-0.3, -0.25) is 0 Å². The molecule has 9 nitrogen and oxygen atoms in total. The van der Waals surface area contributed by atoms with E-state index in [1.807, 2.05) is 32.0 Å². The fourth-order valence-corrected chi connectivity index (χ4v) is 4.00. The van der Waals surface area contributed by atoms with Crippen molar-refractivity contribution in [3.8, 4) is 23.0 Å². The molecule has 0 aliphatic carbocycles. The van der Waals surface area contributed by atoms with E-state index < -0.39 is 5.97 Å². The quantitative estimate of drug-likeness (QED) is 0.167. The Kier molecular flexibility index (Phi) is 11.1. The molecule has 4 rings (SSSR count). The van der Waals surface area contributed by atoms with Crippen molar-refractivity contribution in [3.63, 3.8) is 0 Å². The first-order valence-corrected chi connectivity index (χ1v) is 12.2. The first kappa shape index (κ1) is 29.9. The summed E-state index contributed by atoms with van der Waals surface area (Å²) in [6, 6.07) is 10.6. The maximum atomic E-state index is 11.2. The van der Waals surface area contributed by atoms with Crippen molar-refractivity contribution < 1.29 is 29.6 Å². The maximum absolute atomic E-state index is 11.2. The van der Waals surface area contributed by atoms with E-state index in [-0.39, 0.29) is 17.1 Å². The van der Waals surface area contributed by atoms with Crippen LogP contribution in [0.25, 0.3) is 21.8 Å². The predicted molar refractivity (Wildman–Crippen MR) is 150 cm³/mol. The van der Waals surface area contributed by atoms with Gasteiger partial charge in [-0.05, 0) is 80.0 Å². The Morgan fingerprint density at radius 3 is 1.84 bits per heavy atom. The molecule has 0 aliphatic rings. The van der Waals surface area contributed by atoms with Gasteiger partial charge in [-0.2, -0.15) is 0 Å². The molecule has 0 saturated carbocycles. The van der Waals surface area contributed by atoms with Crippen molar-refractivity contribution in [3.05, 3.63) is 57.8 Å². The zero-order valence-corrected chi connectivity index (χ0v) is 23.2. The summed E-state index contributed by atoms with van der Waals surface area (Å²) in [6.45, 7) is 8.22. The van der Waals surface area contributed by atoms with Crippen LogP contribution < -0.4 is 9.47 Å². The van der Waals surface area contributed by atoms with Gasteiger partial charge in [0, 0.05) is 10.8 Å². The van der Waals surface area contributed by atoms with Crippen LogP contribution in [0.1, 0.15) is 35.6 Å². The second-order valence-electron chi connectivity index (χ2n) is 7.43. The van der Waals surface area contributed by atoms with Gasteiger partial charge in [0.1, 0.15) is 17.1 Å². The Morgan fingerprint density at radius 1 is 0.946 bits per heavy atom. The number of aromatic carboxylic acids is 1. The third kappa shape index (κ3) is 7.33. The van der Waals surface area contributed by atoms with Gasteiger partial charge in [0.05, 0.1) is 40.1 Å². The number of nitrogens with zero attached hydrogens (tertiary/aromatic N) is 3. The van der Waals surface area contributed by atoms with Crippen LogP contribution in [0.3, 0.4) is 0 Å². The van der Waals surface area contributed by atoms with E-state index >= 15 is 0 Å². The summed E-state index contributed by atoms with van der Waals surface area (Å²) < 4.78 is 14.1. The number of aryl methyl sites for hydroxylation is 2.